The van der Waals surface area contributed by atoms with Crippen molar-refractivity contribution >= 4 is 27.4 Å². The Labute approximate surface area is 171 Å². The minimum atomic E-state index is -3.61. The number of carbonyl (C=O) groups is 1. The molecule has 2 aliphatic rings. The van der Waals surface area contributed by atoms with Crippen LogP contribution in [0.15, 0.2) is 47.5 Å². The lowest BCUT2D eigenvalue weighted by atomic mass is 10.1. The zero-order valence-electron chi connectivity index (χ0n) is 16.3. The average Bonchev–Trinajstić information content (AvgIpc) is 3.58. The lowest BCUT2D eigenvalue weighted by Gasteiger charge is -2.28. The van der Waals surface area contributed by atoms with E-state index in [1.165, 1.54) is 31.4 Å². The van der Waals surface area contributed by atoms with Crippen LogP contribution in [0.2, 0.25) is 0 Å². The van der Waals surface area contributed by atoms with E-state index in [0.29, 0.717) is 18.3 Å². The summed E-state index contributed by atoms with van der Waals surface area (Å²) in [4.78, 5) is 19.3. The molecule has 4 rings (SSSR count). The van der Waals surface area contributed by atoms with Crippen molar-refractivity contribution in [2.24, 2.45) is 5.92 Å². The highest BCUT2D eigenvalue weighted by atomic mass is 32.2. The van der Waals surface area contributed by atoms with E-state index in [-0.39, 0.29) is 16.4 Å². The largest absolute Gasteiger partial charge is 0.370 e. The van der Waals surface area contributed by atoms with Crippen molar-refractivity contribution in [2.75, 3.05) is 29.9 Å². The predicted octanol–water partition coefficient (Wildman–Crippen LogP) is 3.01. The maximum atomic E-state index is 12.6. The van der Waals surface area contributed by atoms with Crippen LogP contribution in [0, 0.1) is 5.92 Å². The standard InChI is InChI=1S/C21H26N4O3S/c26-21(24-20-10-9-18(15-22-20)25-11-2-1-3-12-25)17-5-4-6-19(13-17)29(27,28)23-14-16-7-8-16/h4-6,9-10,13,15-16,23H,1-3,7-8,11-12,14H2,(H,22,24,26). The fourth-order valence-electron chi connectivity index (χ4n) is 3.43. The lowest BCUT2D eigenvalue weighted by Crippen LogP contribution is -2.29. The number of sulfonamides is 1. The third-order valence-corrected chi connectivity index (χ3v) is 6.80. The summed E-state index contributed by atoms with van der Waals surface area (Å²) in [6, 6.07) is 9.80. The second-order valence-electron chi connectivity index (χ2n) is 7.73. The Balaban J connectivity index is 1.41. The van der Waals surface area contributed by atoms with E-state index >= 15 is 0 Å². The first-order valence-corrected chi connectivity index (χ1v) is 11.6. The van der Waals surface area contributed by atoms with E-state index in [2.05, 4.69) is 19.9 Å². The van der Waals surface area contributed by atoms with E-state index in [4.69, 9.17) is 0 Å². The molecule has 0 unspecified atom stereocenters. The molecule has 2 N–H and O–H groups in total. The summed E-state index contributed by atoms with van der Waals surface area (Å²) in [7, 11) is -3.61. The highest BCUT2D eigenvalue weighted by Gasteiger charge is 2.24. The Kier molecular flexibility index (Phi) is 5.82. The topological polar surface area (TPSA) is 91.4 Å². The number of anilines is 2. The molecule has 1 saturated heterocycles. The smallest absolute Gasteiger partial charge is 0.256 e. The maximum absolute atomic E-state index is 12.6. The summed E-state index contributed by atoms with van der Waals surface area (Å²) in [6.07, 6.45) is 7.54. The number of benzene rings is 1. The van der Waals surface area contributed by atoms with Crippen molar-refractivity contribution < 1.29 is 13.2 Å². The van der Waals surface area contributed by atoms with Gasteiger partial charge in [-0.05, 0) is 68.4 Å². The molecule has 1 amide bonds. The number of amides is 1. The van der Waals surface area contributed by atoms with Gasteiger partial charge in [0.1, 0.15) is 5.82 Å². The van der Waals surface area contributed by atoms with Crippen LogP contribution in [0.4, 0.5) is 11.5 Å². The quantitative estimate of drug-likeness (QED) is 0.727. The van der Waals surface area contributed by atoms with Crippen LogP contribution in [0.3, 0.4) is 0 Å². The van der Waals surface area contributed by atoms with E-state index < -0.39 is 10.0 Å². The third kappa shape index (κ3) is 5.13. The summed E-state index contributed by atoms with van der Waals surface area (Å²) < 4.78 is 27.5. The van der Waals surface area contributed by atoms with E-state index in [1.807, 2.05) is 6.07 Å². The number of carbonyl (C=O) groups excluding carboxylic acids is 1. The van der Waals surface area contributed by atoms with Gasteiger partial charge in [-0.15, -0.1) is 0 Å². The first-order chi connectivity index (χ1) is 14.0. The van der Waals surface area contributed by atoms with Crippen LogP contribution in [0.25, 0.3) is 0 Å². The van der Waals surface area contributed by atoms with Crippen LogP contribution in [0.1, 0.15) is 42.5 Å². The third-order valence-electron chi connectivity index (χ3n) is 5.38. The van der Waals surface area contributed by atoms with Gasteiger partial charge in [0.25, 0.3) is 5.91 Å². The fourth-order valence-corrected chi connectivity index (χ4v) is 4.59. The number of hydrogen-bond acceptors (Lipinski definition) is 5. The Morgan fingerprint density at radius 1 is 1.10 bits per heavy atom. The zero-order chi connectivity index (χ0) is 20.3. The van der Waals surface area contributed by atoms with Gasteiger partial charge in [0.05, 0.1) is 16.8 Å². The maximum Gasteiger partial charge on any atom is 0.256 e. The molecule has 0 spiro atoms. The van der Waals surface area contributed by atoms with E-state index in [0.717, 1.165) is 31.6 Å². The Bertz CT molecular complexity index is 966. The second kappa shape index (κ2) is 8.51. The SMILES string of the molecule is O=C(Nc1ccc(N2CCCCC2)cn1)c1cccc(S(=O)(=O)NCC2CC2)c1. The molecule has 154 valence electrons. The molecular weight excluding hydrogens is 388 g/mol. The summed E-state index contributed by atoms with van der Waals surface area (Å²) in [5.41, 5.74) is 1.33. The molecule has 1 aromatic carbocycles. The Morgan fingerprint density at radius 3 is 2.59 bits per heavy atom. The van der Waals surface area contributed by atoms with Crippen molar-refractivity contribution in [2.45, 2.75) is 37.0 Å². The minimum absolute atomic E-state index is 0.0965. The number of piperidine rings is 1. The van der Waals surface area contributed by atoms with Gasteiger partial charge in [0, 0.05) is 25.2 Å². The fraction of sp³-hybridized carbons (Fsp3) is 0.429. The summed E-state index contributed by atoms with van der Waals surface area (Å²) in [5.74, 6) is 0.494. The molecular formula is C21H26N4O3S. The minimum Gasteiger partial charge on any atom is -0.370 e. The molecule has 1 aliphatic carbocycles. The van der Waals surface area contributed by atoms with Gasteiger partial charge in [-0.3, -0.25) is 4.79 Å². The highest BCUT2D eigenvalue weighted by Crippen LogP contribution is 2.28. The average molecular weight is 415 g/mol. The van der Waals surface area contributed by atoms with Gasteiger partial charge in [0.2, 0.25) is 10.0 Å². The van der Waals surface area contributed by atoms with Crippen LogP contribution < -0.4 is 14.9 Å². The molecule has 29 heavy (non-hydrogen) atoms. The van der Waals surface area contributed by atoms with Crippen molar-refractivity contribution in [1.82, 2.24) is 9.71 Å². The van der Waals surface area contributed by atoms with Crippen molar-refractivity contribution in [1.29, 1.82) is 0 Å². The summed E-state index contributed by atoms with van der Waals surface area (Å²) >= 11 is 0. The molecule has 2 aromatic rings. The van der Waals surface area contributed by atoms with Gasteiger partial charge in [-0.1, -0.05) is 6.07 Å². The summed E-state index contributed by atoms with van der Waals surface area (Å²) in [5, 5.41) is 2.74. The molecule has 0 radical (unpaired) electrons. The molecule has 0 atom stereocenters. The molecule has 2 heterocycles. The van der Waals surface area contributed by atoms with Gasteiger partial charge < -0.3 is 10.2 Å². The van der Waals surface area contributed by atoms with E-state index in [9.17, 15) is 13.2 Å². The summed E-state index contributed by atoms with van der Waals surface area (Å²) in [6.45, 7) is 2.51. The normalized spacial score (nSPS) is 17.2. The van der Waals surface area contributed by atoms with Crippen LogP contribution in [-0.2, 0) is 10.0 Å². The Hall–Kier alpha value is -2.45. The number of rotatable bonds is 7. The van der Waals surface area contributed by atoms with Crippen molar-refractivity contribution in [3.05, 3.63) is 48.2 Å². The monoisotopic (exact) mass is 414 g/mol. The first-order valence-electron chi connectivity index (χ1n) is 10.1. The second-order valence-corrected chi connectivity index (χ2v) is 9.49. The van der Waals surface area contributed by atoms with Crippen molar-refractivity contribution in [3.63, 3.8) is 0 Å². The first kappa shape index (κ1) is 19.8. The molecule has 8 heteroatoms. The highest BCUT2D eigenvalue weighted by molar-refractivity contribution is 7.89. The van der Waals surface area contributed by atoms with Crippen LogP contribution >= 0.6 is 0 Å². The van der Waals surface area contributed by atoms with Crippen LogP contribution in [0.5, 0.6) is 0 Å². The molecule has 7 nitrogen and oxygen atoms in total. The lowest BCUT2D eigenvalue weighted by molar-refractivity contribution is 0.102. The molecule has 2 fully saturated rings. The predicted molar refractivity (Wildman–Crippen MR) is 113 cm³/mol. The van der Waals surface area contributed by atoms with Gasteiger partial charge in [-0.2, -0.15) is 0 Å². The Morgan fingerprint density at radius 2 is 1.90 bits per heavy atom. The molecule has 0 bridgehead atoms. The number of nitrogens with zero attached hydrogens (tertiary/aromatic N) is 2. The van der Waals surface area contributed by atoms with Gasteiger partial charge in [-0.25, -0.2) is 18.1 Å². The van der Waals surface area contributed by atoms with Crippen LogP contribution in [-0.4, -0.2) is 38.9 Å². The molecule has 1 aromatic heterocycles. The van der Waals surface area contributed by atoms with Gasteiger partial charge in [0.15, 0.2) is 0 Å². The zero-order valence-corrected chi connectivity index (χ0v) is 17.1. The number of hydrogen-bond donors (Lipinski definition) is 2. The van der Waals surface area contributed by atoms with Gasteiger partial charge >= 0.3 is 0 Å². The molecule has 1 saturated carbocycles. The molecule has 1 aliphatic heterocycles. The number of aromatic nitrogens is 1. The van der Waals surface area contributed by atoms with E-state index in [1.54, 1.807) is 24.4 Å². The number of nitrogens with one attached hydrogen (secondary N) is 2. The number of pyridine rings is 1. The van der Waals surface area contributed by atoms with Crippen molar-refractivity contribution in [3.8, 4) is 0 Å².